The van der Waals surface area contributed by atoms with Gasteiger partial charge in [0.25, 0.3) is 5.91 Å². The van der Waals surface area contributed by atoms with E-state index in [2.05, 4.69) is 5.32 Å². The summed E-state index contributed by atoms with van der Waals surface area (Å²) in [4.78, 5) is 12.0. The monoisotopic (exact) mass is 347 g/mol. The standard InChI is InChI=1S/C18H18FNO5/c1-12(25-15-6-7-16-17(10-15)24-11-23-16)18(21)20-8-9-22-14-4-2-13(19)3-5-14/h2-7,10,12H,8-9,11H2,1H3,(H,20,21)/t12-/m1/s1. The molecule has 3 rings (SSSR count). The number of carbonyl (C=O) groups is 1. The predicted molar refractivity (Wildman–Crippen MR) is 87.6 cm³/mol. The molecule has 25 heavy (non-hydrogen) atoms. The number of ether oxygens (including phenoxy) is 4. The quantitative estimate of drug-likeness (QED) is 0.780. The van der Waals surface area contributed by atoms with Crippen LogP contribution in [-0.4, -0.2) is 32.0 Å². The van der Waals surface area contributed by atoms with Gasteiger partial charge in [-0.2, -0.15) is 0 Å². The minimum Gasteiger partial charge on any atom is -0.492 e. The summed E-state index contributed by atoms with van der Waals surface area (Å²) in [5.41, 5.74) is 0. The molecule has 0 unspecified atom stereocenters. The summed E-state index contributed by atoms with van der Waals surface area (Å²) >= 11 is 0. The van der Waals surface area contributed by atoms with Crippen molar-refractivity contribution in [2.75, 3.05) is 19.9 Å². The molecule has 1 N–H and O–H groups in total. The molecule has 7 heteroatoms. The molecule has 0 bridgehead atoms. The zero-order valence-corrected chi connectivity index (χ0v) is 13.7. The molecule has 1 heterocycles. The number of nitrogens with one attached hydrogen (secondary N) is 1. The van der Waals surface area contributed by atoms with E-state index in [9.17, 15) is 9.18 Å². The lowest BCUT2D eigenvalue weighted by Crippen LogP contribution is -2.38. The maximum Gasteiger partial charge on any atom is 0.260 e. The van der Waals surface area contributed by atoms with E-state index in [1.807, 2.05) is 0 Å². The summed E-state index contributed by atoms with van der Waals surface area (Å²) in [5.74, 6) is 1.73. The van der Waals surface area contributed by atoms with Gasteiger partial charge in [0.2, 0.25) is 6.79 Å². The molecule has 0 spiro atoms. The lowest BCUT2D eigenvalue weighted by molar-refractivity contribution is -0.127. The largest absolute Gasteiger partial charge is 0.492 e. The smallest absolute Gasteiger partial charge is 0.260 e. The third-order valence-electron chi connectivity index (χ3n) is 3.51. The van der Waals surface area contributed by atoms with E-state index < -0.39 is 6.10 Å². The highest BCUT2D eigenvalue weighted by Crippen LogP contribution is 2.35. The topological polar surface area (TPSA) is 66.0 Å². The van der Waals surface area contributed by atoms with Crippen molar-refractivity contribution in [3.8, 4) is 23.0 Å². The van der Waals surface area contributed by atoms with Gasteiger partial charge in [0.1, 0.15) is 23.9 Å². The molecule has 132 valence electrons. The molecule has 6 nitrogen and oxygen atoms in total. The first kappa shape index (κ1) is 16.9. The molecule has 1 aliphatic rings. The average molecular weight is 347 g/mol. The van der Waals surface area contributed by atoms with Crippen LogP contribution in [0.25, 0.3) is 0 Å². The Morgan fingerprint density at radius 1 is 1.16 bits per heavy atom. The normalized spacial score (nSPS) is 13.2. The fraction of sp³-hybridized carbons (Fsp3) is 0.278. The minimum atomic E-state index is -0.675. The van der Waals surface area contributed by atoms with Crippen LogP contribution in [0.15, 0.2) is 42.5 Å². The van der Waals surface area contributed by atoms with E-state index in [1.165, 1.54) is 24.3 Å². The first-order chi connectivity index (χ1) is 12.1. The van der Waals surface area contributed by atoms with E-state index in [-0.39, 0.29) is 25.1 Å². The molecule has 0 saturated carbocycles. The number of amides is 1. The highest BCUT2D eigenvalue weighted by molar-refractivity contribution is 5.80. The van der Waals surface area contributed by atoms with Crippen molar-refractivity contribution < 1.29 is 28.1 Å². The van der Waals surface area contributed by atoms with Crippen LogP contribution in [0, 0.1) is 5.82 Å². The van der Waals surface area contributed by atoms with Crippen LogP contribution in [0.2, 0.25) is 0 Å². The molecule has 1 amide bonds. The number of halogens is 1. The van der Waals surface area contributed by atoms with E-state index in [0.29, 0.717) is 29.5 Å². The Balaban J connectivity index is 1.41. The molecular weight excluding hydrogens is 329 g/mol. The first-order valence-electron chi connectivity index (χ1n) is 7.84. The van der Waals surface area contributed by atoms with Crippen LogP contribution in [0.4, 0.5) is 4.39 Å². The van der Waals surface area contributed by atoms with Crippen molar-refractivity contribution in [2.24, 2.45) is 0 Å². The first-order valence-corrected chi connectivity index (χ1v) is 7.84. The summed E-state index contributed by atoms with van der Waals surface area (Å²) in [6.07, 6.45) is -0.675. The zero-order valence-electron chi connectivity index (χ0n) is 13.7. The van der Waals surface area contributed by atoms with E-state index in [4.69, 9.17) is 18.9 Å². The molecular formula is C18H18FNO5. The maximum absolute atomic E-state index is 12.8. The van der Waals surface area contributed by atoms with Crippen molar-refractivity contribution in [2.45, 2.75) is 13.0 Å². The van der Waals surface area contributed by atoms with E-state index in [1.54, 1.807) is 25.1 Å². The third kappa shape index (κ3) is 4.53. The second-order valence-electron chi connectivity index (χ2n) is 5.37. The molecule has 0 saturated heterocycles. The average Bonchev–Trinajstić information content (AvgIpc) is 3.07. The molecule has 2 aromatic rings. The van der Waals surface area contributed by atoms with Gasteiger partial charge in [-0.05, 0) is 43.3 Å². The Morgan fingerprint density at radius 3 is 2.68 bits per heavy atom. The SMILES string of the molecule is C[C@@H](Oc1ccc2c(c1)OCO2)C(=O)NCCOc1ccc(F)cc1. The van der Waals surface area contributed by atoms with Crippen LogP contribution >= 0.6 is 0 Å². The fourth-order valence-corrected chi connectivity index (χ4v) is 2.23. The van der Waals surface area contributed by atoms with Crippen molar-refractivity contribution in [3.63, 3.8) is 0 Å². The Kier molecular flexibility index (Phi) is 5.23. The minimum absolute atomic E-state index is 0.183. The van der Waals surface area contributed by atoms with Gasteiger partial charge in [-0.3, -0.25) is 4.79 Å². The van der Waals surface area contributed by atoms with E-state index >= 15 is 0 Å². The van der Waals surface area contributed by atoms with Crippen LogP contribution in [0.3, 0.4) is 0 Å². The lowest BCUT2D eigenvalue weighted by Gasteiger charge is -2.15. The van der Waals surface area contributed by atoms with Gasteiger partial charge in [0.05, 0.1) is 6.54 Å². The van der Waals surface area contributed by atoms with Gasteiger partial charge < -0.3 is 24.3 Å². The van der Waals surface area contributed by atoms with Crippen molar-refractivity contribution in [1.82, 2.24) is 5.32 Å². The number of benzene rings is 2. The Bertz CT molecular complexity index is 735. The van der Waals surface area contributed by atoms with Gasteiger partial charge in [-0.1, -0.05) is 0 Å². The summed E-state index contributed by atoms with van der Waals surface area (Å²) in [7, 11) is 0. The number of fused-ring (bicyclic) bond motifs is 1. The summed E-state index contributed by atoms with van der Waals surface area (Å²) < 4.78 is 34.3. The van der Waals surface area contributed by atoms with E-state index in [0.717, 1.165) is 0 Å². The Morgan fingerprint density at radius 2 is 1.88 bits per heavy atom. The Labute approximate surface area is 144 Å². The summed E-state index contributed by atoms with van der Waals surface area (Å²) in [6, 6.07) is 10.8. The molecule has 1 atom stereocenters. The lowest BCUT2D eigenvalue weighted by atomic mass is 10.3. The van der Waals surface area contributed by atoms with Crippen LogP contribution in [-0.2, 0) is 4.79 Å². The summed E-state index contributed by atoms with van der Waals surface area (Å²) in [6.45, 7) is 2.42. The molecule has 0 fully saturated rings. The van der Waals surface area contributed by atoms with Gasteiger partial charge in [-0.25, -0.2) is 4.39 Å². The zero-order chi connectivity index (χ0) is 17.6. The van der Waals surface area contributed by atoms with Crippen molar-refractivity contribution >= 4 is 5.91 Å². The van der Waals surface area contributed by atoms with Crippen LogP contribution in [0.1, 0.15) is 6.92 Å². The maximum atomic E-state index is 12.8. The molecule has 0 aromatic heterocycles. The van der Waals surface area contributed by atoms with Crippen molar-refractivity contribution in [3.05, 3.63) is 48.3 Å². The van der Waals surface area contributed by atoms with Crippen LogP contribution in [0.5, 0.6) is 23.0 Å². The second-order valence-corrected chi connectivity index (χ2v) is 5.37. The third-order valence-corrected chi connectivity index (χ3v) is 3.51. The van der Waals surface area contributed by atoms with Crippen molar-refractivity contribution in [1.29, 1.82) is 0 Å². The molecule has 0 radical (unpaired) electrons. The molecule has 1 aliphatic heterocycles. The Hall–Kier alpha value is -2.96. The second kappa shape index (κ2) is 7.74. The molecule has 2 aromatic carbocycles. The number of carbonyl (C=O) groups excluding carboxylic acids is 1. The fourth-order valence-electron chi connectivity index (χ4n) is 2.23. The number of hydrogen-bond acceptors (Lipinski definition) is 5. The molecule has 0 aliphatic carbocycles. The van der Waals surface area contributed by atoms with Crippen LogP contribution < -0.4 is 24.3 Å². The van der Waals surface area contributed by atoms with Gasteiger partial charge in [-0.15, -0.1) is 0 Å². The number of hydrogen-bond donors (Lipinski definition) is 1. The van der Waals surface area contributed by atoms with Gasteiger partial charge in [0, 0.05) is 6.07 Å². The highest BCUT2D eigenvalue weighted by atomic mass is 19.1. The highest BCUT2D eigenvalue weighted by Gasteiger charge is 2.17. The van der Waals surface area contributed by atoms with Gasteiger partial charge in [0.15, 0.2) is 17.6 Å². The summed E-state index contributed by atoms with van der Waals surface area (Å²) in [5, 5.41) is 2.72. The van der Waals surface area contributed by atoms with Gasteiger partial charge >= 0.3 is 0 Å². The predicted octanol–water partition coefficient (Wildman–Crippen LogP) is 2.52. The number of rotatable bonds is 7.